The zero-order valence-electron chi connectivity index (χ0n) is 29.3. The maximum Gasteiger partial charge on any atom is 0.460 e. The predicted octanol–water partition coefficient (Wildman–Crippen LogP) is 12.2. The zero-order chi connectivity index (χ0) is 42.5. The number of aliphatic imine (C=N–C) groups is 1. The van der Waals surface area contributed by atoms with Gasteiger partial charge in [0.15, 0.2) is 0 Å². The van der Waals surface area contributed by atoms with Crippen molar-refractivity contribution in [3.63, 3.8) is 0 Å². The Hall–Kier alpha value is -5.42. The fourth-order valence-corrected chi connectivity index (χ4v) is 5.03. The standard InChI is InChI=1S/C39H30F13NO4/c1-2-3-4-5-6-24-7-11-26(12-8-24)32(54)56-30-19-9-25(10-20-30)23-53-29-17-21-31(22-18-29)57-33(55)27-13-15-28(16-14-27)34(40,41)35(42,43)36(44,45)37(46,47)38(48,49)39(50,51)52/h7-23H,2-6H2,1H3. The van der Waals surface area contributed by atoms with E-state index < -0.39 is 58.9 Å². The van der Waals surface area contributed by atoms with Crippen LogP contribution in [0, 0.1) is 0 Å². The van der Waals surface area contributed by atoms with Gasteiger partial charge in [-0.15, -0.1) is 0 Å². The highest BCUT2D eigenvalue weighted by Gasteiger charge is 2.90. The molecule has 4 aromatic carbocycles. The first-order valence-corrected chi connectivity index (χ1v) is 16.8. The zero-order valence-corrected chi connectivity index (χ0v) is 29.3. The molecule has 4 aromatic rings. The number of carbonyl (C=O) groups is 2. The average molecular weight is 824 g/mol. The number of ether oxygens (including phenoxy) is 2. The first-order valence-electron chi connectivity index (χ1n) is 16.8. The third-order valence-corrected chi connectivity index (χ3v) is 8.43. The summed E-state index contributed by atoms with van der Waals surface area (Å²) in [6, 6.07) is 19.1. The number of hydrogen-bond acceptors (Lipinski definition) is 5. The van der Waals surface area contributed by atoms with Crippen LogP contribution in [-0.4, -0.2) is 48.0 Å². The van der Waals surface area contributed by atoms with E-state index in [1.807, 2.05) is 12.1 Å². The summed E-state index contributed by atoms with van der Waals surface area (Å²) in [5, 5.41) is 0. The molecule has 0 bridgehead atoms. The Kier molecular flexibility index (Phi) is 13.2. The second-order valence-electron chi connectivity index (χ2n) is 12.6. The Morgan fingerprint density at radius 3 is 1.47 bits per heavy atom. The van der Waals surface area contributed by atoms with Gasteiger partial charge in [0.25, 0.3) is 0 Å². The minimum atomic E-state index is -8.03. The maximum atomic E-state index is 14.5. The molecular weight excluding hydrogens is 793 g/mol. The Labute approximate surface area is 316 Å². The molecule has 0 spiro atoms. The van der Waals surface area contributed by atoms with Crippen LogP contribution in [0.2, 0.25) is 0 Å². The lowest BCUT2D eigenvalue weighted by Crippen LogP contribution is -2.69. The van der Waals surface area contributed by atoms with E-state index in [9.17, 15) is 66.7 Å². The minimum absolute atomic E-state index is 0.135. The second-order valence-corrected chi connectivity index (χ2v) is 12.6. The molecule has 0 aliphatic heterocycles. The topological polar surface area (TPSA) is 65.0 Å². The van der Waals surface area contributed by atoms with Gasteiger partial charge in [-0.25, -0.2) is 9.59 Å². The summed E-state index contributed by atoms with van der Waals surface area (Å²) in [5.74, 6) is -39.5. The van der Waals surface area contributed by atoms with Crippen LogP contribution >= 0.6 is 0 Å². The lowest BCUT2D eigenvalue weighted by molar-refractivity contribution is -0.441. The van der Waals surface area contributed by atoms with Gasteiger partial charge in [0.2, 0.25) is 0 Å². The first kappa shape index (κ1) is 44.3. The van der Waals surface area contributed by atoms with Crippen LogP contribution in [0.5, 0.6) is 11.5 Å². The summed E-state index contributed by atoms with van der Waals surface area (Å²) >= 11 is 0. The molecule has 57 heavy (non-hydrogen) atoms. The Morgan fingerprint density at radius 2 is 1.00 bits per heavy atom. The highest BCUT2D eigenvalue weighted by molar-refractivity contribution is 5.92. The Bertz CT molecular complexity index is 2010. The molecule has 306 valence electrons. The number of esters is 2. The van der Waals surface area contributed by atoms with E-state index in [-0.39, 0.29) is 23.6 Å². The number of alkyl halides is 13. The van der Waals surface area contributed by atoms with E-state index in [1.165, 1.54) is 36.9 Å². The van der Waals surface area contributed by atoms with Crippen molar-refractivity contribution in [2.24, 2.45) is 4.99 Å². The number of aryl methyl sites for hydroxylation is 1. The molecule has 0 radical (unpaired) electrons. The largest absolute Gasteiger partial charge is 0.460 e. The van der Waals surface area contributed by atoms with Crippen LogP contribution in [0.25, 0.3) is 0 Å². The molecule has 0 aliphatic carbocycles. The molecule has 0 unspecified atom stereocenters. The molecule has 5 nitrogen and oxygen atoms in total. The SMILES string of the molecule is CCCCCCc1ccc(C(=O)Oc2ccc(C=Nc3ccc(OC(=O)c4ccc(C(F)(F)C(F)(F)C(F)(F)C(F)(F)C(F)(F)C(F)(F)F)cc4)cc3)cc2)cc1. The number of rotatable bonds is 16. The van der Waals surface area contributed by atoms with Gasteiger partial charge in [-0.1, -0.05) is 50.5 Å². The van der Waals surface area contributed by atoms with E-state index in [2.05, 4.69) is 11.9 Å². The first-order chi connectivity index (χ1) is 26.5. The molecule has 4 rings (SSSR count). The summed E-state index contributed by atoms with van der Waals surface area (Å²) in [6.45, 7) is 2.14. The normalized spacial score (nSPS) is 13.2. The Morgan fingerprint density at radius 1 is 0.544 bits per heavy atom. The van der Waals surface area contributed by atoms with Crippen LogP contribution in [-0.2, 0) is 12.3 Å². The Balaban J connectivity index is 1.34. The molecule has 0 amide bonds. The van der Waals surface area contributed by atoms with Gasteiger partial charge < -0.3 is 9.47 Å². The third-order valence-electron chi connectivity index (χ3n) is 8.43. The van der Waals surface area contributed by atoms with E-state index in [0.717, 1.165) is 31.2 Å². The fourth-order valence-electron chi connectivity index (χ4n) is 5.03. The summed E-state index contributed by atoms with van der Waals surface area (Å²) in [7, 11) is 0. The molecule has 0 aliphatic rings. The van der Waals surface area contributed by atoms with Gasteiger partial charge in [0.1, 0.15) is 11.5 Å². The van der Waals surface area contributed by atoms with Gasteiger partial charge in [-0.05, 0) is 96.8 Å². The van der Waals surface area contributed by atoms with Gasteiger partial charge in [0.05, 0.1) is 16.8 Å². The third kappa shape index (κ3) is 9.42. The number of nitrogens with zero attached hydrogens (tertiary/aromatic N) is 1. The molecule has 0 atom stereocenters. The molecule has 18 heteroatoms. The van der Waals surface area contributed by atoms with Crippen molar-refractivity contribution in [3.05, 3.63) is 125 Å². The summed E-state index contributed by atoms with van der Waals surface area (Å²) < 4.78 is 186. The number of hydrogen-bond donors (Lipinski definition) is 0. The van der Waals surface area contributed by atoms with Crippen molar-refractivity contribution < 1.29 is 76.1 Å². The molecule has 0 saturated carbocycles. The summed E-state index contributed by atoms with van der Waals surface area (Å²) in [5.41, 5.74) is -0.464. The van der Waals surface area contributed by atoms with Gasteiger partial charge in [0, 0.05) is 11.8 Å². The average Bonchev–Trinajstić information content (AvgIpc) is 3.16. The number of carbonyl (C=O) groups excluding carboxylic acids is 2. The van der Waals surface area contributed by atoms with Crippen LogP contribution in [0.15, 0.2) is 102 Å². The van der Waals surface area contributed by atoms with Crippen molar-refractivity contribution in [2.75, 3.05) is 0 Å². The van der Waals surface area contributed by atoms with Crippen LogP contribution < -0.4 is 9.47 Å². The lowest BCUT2D eigenvalue weighted by atomic mass is 9.90. The quantitative estimate of drug-likeness (QED) is 0.0371. The second kappa shape index (κ2) is 17.0. The van der Waals surface area contributed by atoms with E-state index in [0.29, 0.717) is 28.9 Å². The van der Waals surface area contributed by atoms with E-state index >= 15 is 0 Å². The molecule has 0 saturated heterocycles. The van der Waals surface area contributed by atoms with Crippen LogP contribution in [0.4, 0.5) is 62.8 Å². The van der Waals surface area contributed by atoms with Gasteiger partial charge >= 0.3 is 47.7 Å². The molecule has 0 aromatic heterocycles. The van der Waals surface area contributed by atoms with E-state index in [1.54, 1.807) is 36.4 Å². The predicted molar refractivity (Wildman–Crippen MR) is 181 cm³/mol. The minimum Gasteiger partial charge on any atom is -0.423 e. The molecular formula is C39H30F13NO4. The van der Waals surface area contributed by atoms with Crippen molar-refractivity contribution in [3.8, 4) is 11.5 Å². The summed E-state index contributed by atoms with van der Waals surface area (Å²) in [6.07, 6.45) is -0.622. The lowest BCUT2D eigenvalue weighted by Gasteiger charge is -2.39. The van der Waals surface area contributed by atoms with Gasteiger partial charge in [-0.3, -0.25) is 4.99 Å². The van der Waals surface area contributed by atoms with Crippen molar-refractivity contribution >= 4 is 23.8 Å². The van der Waals surface area contributed by atoms with Crippen molar-refractivity contribution in [2.45, 2.75) is 74.8 Å². The van der Waals surface area contributed by atoms with E-state index in [4.69, 9.17) is 9.47 Å². The molecule has 0 N–H and O–H groups in total. The number of unbranched alkanes of at least 4 members (excludes halogenated alkanes) is 3. The number of halogens is 13. The smallest absolute Gasteiger partial charge is 0.423 e. The van der Waals surface area contributed by atoms with Crippen molar-refractivity contribution in [1.29, 1.82) is 0 Å². The van der Waals surface area contributed by atoms with Gasteiger partial charge in [-0.2, -0.15) is 57.1 Å². The monoisotopic (exact) mass is 823 g/mol. The van der Waals surface area contributed by atoms with Crippen LogP contribution in [0.1, 0.15) is 70.0 Å². The molecule has 0 fully saturated rings. The van der Waals surface area contributed by atoms with Crippen molar-refractivity contribution in [1.82, 2.24) is 0 Å². The fraction of sp³-hybridized carbons (Fsp3) is 0.308. The summed E-state index contributed by atoms with van der Waals surface area (Å²) in [4.78, 5) is 29.3. The highest BCUT2D eigenvalue weighted by atomic mass is 19.4. The highest BCUT2D eigenvalue weighted by Crippen LogP contribution is 2.62. The van der Waals surface area contributed by atoms with Crippen LogP contribution in [0.3, 0.4) is 0 Å². The molecule has 0 heterocycles. The number of benzene rings is 4. The maximum absolute atomic E-state index is 14.5.